The molecule has 0 unspecified atom stereocenters. The van der Waals surface area contributed by atoms with Crippen LogP contribution in [0.25, 0.3) is 0 Å². The molecule has 0 bridgehead atoms. The molecule has 0 atom stereocenters. The zero-order chi connectivity index (χ0) is 8.97. The largest absolute Gasteiger partial charge is 0.313 e. The Morgan fingerprint density at radius 2 is 2.08 bits per heavy atom. The van der Waals surface area contributed by atoms with E-state index in [4.69, 9.17) is 0 Å². The van der Waals surface area contributed by atoms with E-state index in [1.165, 1.54) is 25.9 Å². The number of nitrogens with one attached hydrogen (secondary N) is 1. The number of nitrogens with zero attached hydrogens (tertiary/aromatic N) is 1. The summed E-state index contributed by atoms with van der Waals surface area (Å²) in [6.07, 6.45) is 2.79. The van der Waals surface area contributed by atoms with Gasteiger partial charge in [-0.2, -0.15) is 0 Å². The highest BCUT2D eigenvalue weighted by atomic mass is 15.2. The Kier molecular flexibility index (Phi) is 4.02. The molecule has 1 aliphatic carbocycles. The molecule has 0 spiro atoms. The molecule has 0 aromatic carbocycles. The summed E-state index contributed by atoms with van der Waals surface area (Å²) < 4.78 is 0. The normalized spacial score (nSPS) is 17.8. The summed E-state index contributed by atoms with van der Waals surface area (Å²) in [7, 11) is 0. The molecule has 0 amide bonds. The van der Waals surface area contributed by atoms with Crippen LogP contribution >= 0.6 is 0 Å². The van der Waals surface area contributed by atoms with Crippen LogP contribution in [-0.4, -0.2) is 36.6 Å². The topological polar surface area (TPSA) is 15.3 Å². The monoisotopic (exact) mass is 170 g/mol. The molecule has 0 aliphatic heterocycles. The molecule has 12 heavy (non-hydrogen) atoms. The zero-order valence-corrected chi connectivity index (χ0v) is 8.64. The summed E-state index contributed by atoms with van der Waals surface area (Å²) >= 11 is 0. The average Bonchev–Trinajstić information content (AvgIpc) is 2.80. The van der Waals surface area contributed by atoms with Crippen molar-refractivity contribution in [2.45, 2.75) is 45.7 Å². The average molecular weight is 170 g/mol. The van der Waals surface area contributed by atoms with Gasteiger partial charge in [0.1, 0.15) is 0 Å². The van der Waals surface area contributed by atoms with E-state index in [0.29, 0.717) is 6.04 Å². The van der Waals surface area contributed by atoms with Crippen molar-refractivity contribution in [3.63, 3.8) is 0 Å². The van der Waals surface area contributed by atoms with Gasteiger partial charge in [-0.25, -0.2) is 0 Å². The molecule has 72 valence electrons. The molecule has 0 aromatic rings. The van der Waals surface area contributed by atoms with Gasteiger partial charge in [0.05, 0.1) is 0 Å². The van der Waals surface area contributed by atoms with Crippen LogP contribution in [0.3, 0.4) is 0 Å². The maximum Gasteiger partial charge on any atom is 0.0110 e. The molecular weight excluding hydrogens is 148 g/mol. The predicted octanol–water partition coefficient (Wildman–Crippen LogP) is 1.47. The minimum absolute atomic E-state index is 0.691. The van der Waals surface area contributed by atoms with Gasteiger partial charge in [0.2, 0.25) is 0 Å². The molecule has 0 heterocycles. The van der Waals surface area contributed by atoms with E-state index in [9.17, 15) is 0 Å². The van der Waals surface area contributed by atoms with Crippen molar-refractivity contribution in [3.8, 4) is 0 Å². The van der Waals surface area contributed by atoms with Crippen molar-refractivity contribution in [1.29, 1.82) is 0 Å². The molecule has 1 N–H and O–H groups in total. The van der Waals surface area contributed by atoms with Crippen LogP contribution in [0.1, 0.15) is 33.6 Å². The third-order valence-electron chi connectivity index (χ3n) is 2.55. The number of rotatable bonds is 6. The first-order valence-electron chi connectivity index (χ1n) is 5.21. The lowest BCUT2D eigenvalue weighted by Crippen LogP contribution is -2.37. The van der Waals surface area contributed by atoms with Crippen LogP contribution in [-0.2, 0) is 0 Å². The maximum absolute atomic E-state index is 3.53. The summed E-state index contributed by atoms with van der Waals surface area (Å²) in [4.78, 5) is 2.50. The molecule has 2 nitrogen and oxygen atoms in total. The Bertz CT molecular complexity index is 119. The second-order valence-electron chi connectivity index (χ2n) is 3.95. The number of likely N-dealkylation sites (N-methyl/N-ethyl adjacent to an activating group) is 1. The van der Waals surface area contributed by atoms with Gasteiger partial charge in [-0.05, 0) is 33.2 Å². The predicted molar refractivity (Wildman–Crippen MR) is 53.4 cm³/mol. The quantitative estimate of drug-likeness (QED) is 0.649. The number of hydrogen-bond donors (Lipinski definition) is 1. The van der Waals surface area contributed by atoms with Crippen LogP contribution in [0.15, 0.2) is 0 Å². The Morgan fingerprint density at radius 1 is 1.42 bits per heavy atom. The lowest BCUT2D eigenvalue weighted by molar-refractivity contribution is 0.233. The molecule has 1 fully saturated rings. The Morgan fingerprint density at radius 3 is 2.50 bits per heavy atom. The van der Waals surface area contributed by atoms with Crippen molar-refractivity contribution in [3.05, 3.63) is 0 Å². The van der Waals surface area contributed by atoms with E-state index in [1.807, 2.05) is 0 Å². The van der Waals surface area contributed by atoms with Crippen molar-refractivity contribution < 1.29 is 0 Å². The van der Waals surface area contributed by atoms with E-state index < -0.39 is 0 Å². The molecule has 2 heteroatoms. The fraction of sp³-hybridized carbons (Fsp3) is 1.00. The van der Waals surface area contributed by atoms with Crippen LogP contribution in [0, 0.1) is 0 Å². The fourth-order valence-corrected chi connectivity index (χ4v) is 1.48. The van der Waals surface area contributed by atoms with Crippen LogP contribution in [0.4, 0.5) is 0 Å². The maximum atomic E-state index is 3.53. The Hall–Kier alpha value is -0.0800. The smallest absolute Gasteiger partial charge is 0.0110 e. The second kappa shape index (κ2) is 4.83. The minimum atomic E-state index is 0.691. The summed E-state index contributed by atoms with van der Waals surface area (Å²) in [5, 5.41) is 3.53. The van der Waals surface area contributed by atoms with E-state index in [0.717, 1.165) is 12.6 Å². The van der Waals surface area contributed by atoms with Gasteiger partial charge in [-0.1, -0.05) is 6.92 Å². The van der Waals surface area contributed by atoms with Gasteiger partial charge in [0.15, 0.2) is 0 Å². The summed E-state index contributed by atoms with van der Waals surface area (Å²) in [6, 6.07) is 1.55. The Balaban J connectivity index is 2.01. The van der Waals surface area contributed by atoms with Gasteiger partial charge < -0.3 is 5.32 Å². The standard InChI is InChI=1S/C10H22N2/c1-4-12(9(2)3)8-7-11-10-5-6-10/h9-11H,4-8H2,1-3H3. The first kappa shape index (κ1) is 10.0. The third kappa shape index (κ3) is 3.55. The molecule has 0 radical (unpaired) electrons. The molecule has 1 aliphatic rings. The van der Waals surface area contributed by atoms with Crippen molar-refractivity contribution >= 4 is 0 Å². The number of hydrogen-bond acceptors (Lipinski definition) is 2. The molecule has 0 aromatic heterocycles. The van der Waals surface area contributed by atoms with E-state index in [-0.39, 0.29) is 0 Å². The van der Waals surface area contributed by atoms with Crippen LogP contribution < -0.4 is 5.32 Å². The van der Waals surface area contributed by atoms with Gasteiger partial charge in [-0.3, -0.25) is 4.90 Å². The fourth-order valence-electron chi connectivity index (χ4n) is 1.48. The summed E-state index contributed by atoms with van der Waals surface area (Å²) in [5.41, 5.74) is 0. The molecule has 1 saturated carbocycles. The van der Waals surface area contributed by atoms with Crippen molar-refractivity contribution in [2.24, 2.45) is 0 Å². The van der Waals surface area contributed by atoms with E-state index in [2.05, 4.69) is 31.0 Å². The van der Waals surface area contributed by atoms with Crippen molar-refractivity contribution in [1.82, 2.24) is 10.2 Å². The van der Waals surface area contributed by atoms with E-state index >= 15 is 0 Å². The zero-order valence-electron chi connectivity index (χ0n) is 8.64. The summed E-state index contributed by atoms with van der Waals surface area (Å²) in [5.74, 6) is 0. The lowest BCUT2D eigenvalue weighted by atomic mass is 10.3. The summed E-state index contributed by atoms with van der Waals surface area (Å²) in [6.45, 7) is 10.3. The SMILES string of the molecule is CCN(CCNC1CC1)C(C)C. The minimum Gasteiger partial charge on any atom is -0.313 e. The van der Waals surface area contributed by atoms with Gasteiger partial charge >= 0.3 is 0 Å². The third-order valence-corrected chi connectivity index (χ3v) is 2.55. The first-order chi connectivity index (χ1) is 5.74. The molecule has 1 rings (SSSR count). The van der Waals surface area contributed by atoms with Gasteiger partial charge in [0.25, 0.3) is 0 Å². The van der Waals surface area contributed by atoms with Gasteiger partial charge in [-0.15, -0.1) is 0 Å². The van der Waals surface area contributed by atoms with Crippen LogP contribution in [0.2, 0.25) is 0 Å². The highest BCUT2D eigenvalue weighted by molar-refractivity contribution is 4.81. The Labute approximate surface area is 76.3 Å². The highest BCUT2D eigenvalue weighted by Crippen LogP contribution is 2.18. The highest BCUT2D eigenvalue weighted by Gasteiger charge is 2.20. The molecule has 0 saturated heterocycles. The second-order valence-corrected chi connectivity index (χ2v) is 3.95. The van der Waals surface area contributed by atoms with Crippen molar-refractivity contribution in [2.75, 3.05) is 19.6 Å². The van der Waals surface area contributed by atoms with E-state index in [1.54, 1.807) is 0 Å². The van der Waals surface area contributed by atoms with Gasteiger partial charge in [0, 0.05) is 25.2 Å². The lowest BCUT2D eigenvalue weighted by Gasteiger charge is -2.24. The van der Waals surface area contributed by atoms with Crippen LogP contribution in [0.5, 0.6) is 0 Å². The first-order valence-corrected chi connectivity index (χ1v) is 5.21. The molecular formula is C10H22N2.